The molecule has 3 atom stereocenters. The van der Waals surface area contributed by atoms with Crippen LogP contribution in [0.4, 0.5) is 11.4 Å². The van der Waals surface area contributed by atoms with Crippen LogP contribution in [0.25, 0.3) is 0 Å². The third-order valence-electron chi connectivity index (χ3n) is 4.38. The van der Waals surface area contributed by atoms with Crippen LogP contribution < -0.4 is 5.32 Å². The summed E-state index contributed by atoms with van der Waals surface area (Å²) in [5, 5.41) is 14.5. The number of anilines is 1. The molecule has 1 saturated carbocycles. The number of hydrogen-bond acceptors (Lipinski definition) is 3. The number of nitro groups is 1. The summed E-state index contributed by atoms with van der Waals surface area (Å²) in [7, 11) is 0. The molecule has 1 N–H and O–H groups in total. The Bertz CT molecular complexity index is 539. The molecule has 0 aliphatic heterocycles. The predicted molar refractivity (Wildman–Crippen MR) is 75.2 cm³/mol. The molecule has 1 aromatic rings. The van der Waals surface area contributed by atoms with E-state index in [0.29, 0.717) is 18.4 Å². The average Bonchev–Trinajstić information content (AvgIpc) is 2.77. The minimum absolute atomic E-state index is 0.227. The number of nitrogens with zero attached hydrogens (tertiary/aromatic N) is 1. The zero-order valence-electron chi connectivity index (χ0n) is 11.0. The number of allylic oxidation sites excluding steroid dienone is 1. The Morgan fingerprint density at radius 2 is 2.32 bits per heavy atom. The fourth-order valence-electron chi connectivity index (χ4n) is 3.22. The van der Waals surface area contributed by atoms with Gasteiger partial charge in [-0.05, 0) is 31.2 Å². The van der Waals surface area contributed by atoms with Crippen LogP contribution in [0.3, 0.4) is 0 Å². The number of aryl methyl sites for hydroxylation is 1. The summed E-state index contributed by atoms with van der Waals surface area (Å²) >= 11 is 0. The van der Waals surface area contributed by atoms with Crippen molar-refractivity contribution in [3.63, 3.8) is 0 Å². The summed E-state index contributed by atoms with van der Waals surface area (Å²) < 4.78 is 0. The van der Waals surface area contributed by atoms with E-state index < -0.39 is 0 Å². The Morgan fingerprint density at radius 3 is 3.00 bits per heavy atom. The molecule has 2 aliphatic rings. The molecule has 0 bridgehead atoms. The molecule has 0 saturated heterocycles. The van der Waals surface area contributed by atoms with Crippen molar-refractivity contribution < 1.29 is 4.92 Å². The summed E-state index contributed by atoms with van der Waals surface area (Å²) in [5.41, 5.74) is 1.89. The van der Waals surface area contributed by atoms with Crippen molar-refractivity contribution in [1.29, 1.82) is 0 Å². The lowest BCUT2D eigenvalue weighted by atomic mass is 9.71. The summed E-state index contributed by atoms with van der Waals surface area (Å²) in [5.74, 6) is 1.41. The maximum absolute atomic E-state index is 11.1. The summed E-state index contributed by atoms with van der Waals surface area (Å²) in [6.07, 6.45) is 7.58. The molecule has 1 fully saturated rings. The number of hydrogen-bond donors (Lipinski definition) is 1. The van der Waals surface area contributed by atoms with Gasteiger partial charge in [0, 0.05) is 29.3 Å². The molecule has 0 spiro atoms. The van der Waals surface area contributed by atoms with Crippen molar-refractivity contribution >= 4 is 11.4 Å². The Kier molecular flexibility index (Phi) is 3.01. The van der Waals surface area contributed by atoms with Gasteiger partial charge in [0.05, 0.1) is 4.92 Å². The molecular formula is C15H18N2O2. The fraction of sp³-hybridized carbons (Fsp3) is 0.467. The fourth-order valence-corrected chi connectivity index (χ4v) is 3.22. The van der Waals surface area contributed by atoms with Crippen molar-refractivity contribution in [3.8, 4) is 0 Å². The van der Waals surface area contributed by atoms with Gasteiger partial charge >= 0.3 is 0 Å². The second kappa shape index (κ2) is 4.68. The average molecular weight is 258 g/mol. The summed E-state index contributed by atoms with van der Waals surface area (Å²) in [6.45, 7) is 1.94. The van der Waals surface area contributed by atoms with E-state index in [0.717, 1.165) is 17.2 Å². The van der Waals surface area contributed by atoms with Gasteiger partial charge in [-0.1, -0.05) is 25.1 Å². The Hall–Kier alpha value is -1.84. The van der Waals surface area contributed by atoms with Crippen LogP contribution in [0.2, 0.25) is 0 Å². The van der Waals surface area contributed by atoms with Gasteiger partial charge in [-0.25, -0.2) is 0 Å². The molecule has 0 heterocycles. The molecule has 19 heavy (non-hydrogen) atoms. The van der Waals surface area contributed by atoms with E-state index in [1.807, 2.05) is 19.1 Å². The summed E-state index contributed by atoms with van der Waals surface area (Å²) in [4.78, 5) is 10.8. The SMILES string of the molecule is CCc1ccc(NC2CC3CC=CC32)cc1[N+](=O)[O-]. The highest BCUT2D eigenvalue weighted by molar-refractivity contribution is 5.56. The molecule has 4 nitrogen and oxygen atoms in total. The Balaban J connectivity index is 1.76. The van der Waals surface area contributed by atoms with Crippen molar-refractivity contribution in [2.45, 2.75) is 32.2 Å². The third kappa shape index (κ3) is 2.11. The molecule has 0 aromatic heterocycles. The van der Waals surface area contributed by atoms with Crippen LogP contribution in [-0.2, 0) is 6.42 Å². The van der Waals surface area contributed by atoms with Crippen LogP contribution in [0.1, 0.15) is 25.3 Å². The van der Waals surface area contributed by atoms with E-state index in [-0.39, 0.29) is 10.6 Å². The second-order valence-corrected chi connectivity index (χ2v) is 5.44. The first-order chi connectivity index (χ1) is 9.19. The monoisotopic (exact) mass is 258 g/mol. The first-order valence-electron chi connectivity index (χ1n) is 6.89. The zero-order valence-corrected chi connectivity index (χ0v) is 11.0. The lowest BCUT2D eigenvalue weighted by Gasteiger charge is -2.41. The molecule has 4 heteroatoms. The van der Waals surface area contributed by atoms with Crippen LogP contribution >= 0.6 is 0 Å². The van der Waals surface area contributed by atoms with Gasteiger partial charge in [0.1, 0.15) is 0 Å². The highest BCUT2D eigenvalue weighted by atomic mass is 16.6. The molecule has 3 unspecified atom stereocenters. The minimum atomic E-state index is -0.289. The van der Waals surface area contributed by atoms with Crippen molar-refractivity contribution in [2.24, 2.45) is 11.8 Å². The van der Waals surface area contributed by atoms with Crippen LogP contribution in [0.5, 0.6) is 0 Å². The lowest BCUT2D eigenvalue weighted by molar-refractivity contribution is -0.385. The first kappa shape index (κ1) is 12.2. The number of nitro benzene ring substituents is 1. The third-order valence-corrected chi connectivity index (χ3v) is 4.38. The molecule has 0 amide bonds. The molecule has 2 aliphatic carbocycles. The number of rotatable bonds is 4. The van der Waals surface area contributed by atoms with Gasteiger partial charge in [0.15, 0.2) is 0 Å². The van der Waals surface area contributed by atoms with E-state index in [2.05, 4.69) is 17.5 Å². The lowest BCUT2D eigenvalue weighted by Crippen LogP contribution is -2.43. The van der Waals surface area contributed by atoms with E-state index in [9.17, 15) is 10.1 Å². The molecule has 3 rings (SSSR count). The van der Waals surface area contributed by atoms with E-state index in [1.165, 1.54) is 12.8 Å². The topological polar surface area (TPSA) is 55.2 Å². The van der Waals surface area contributed by atoms with E-state index >= 15 is 0 Å². The van der Waals surface area contributed by atoms with Crippen LogP contribution in [0, 0.1) is 22.0 Å². The Labute approximate surface area is 112 Å². The van der Waals surface area contributed by atoms with E-state index in [4.69, 9.17) is 0 Å². The van der Waals surface area contributed by atoms with Crippen molar-refractivity contribution in [2.75, 3.05) is 5.32 Å². The summed E-state index contributed by atoms with van der Waals surface area (Å²) in [6, 6.07) is 5.93. The van der Waals surface area contributed by atoms with Gasteiger partial charge < -0.3 is 5.32 Å². The molecular weight excluding hydrogens is 240 g/mol. The number of nitrogens with one attached hydrogen (secondary N) is 1. The predicted octanol–water partition coefficient (Wildman–Crippen LogP) is 3.53. The van der Waals surface area contributed by atoms with Gasteiger partial charge in [0.25, 0.3) is 5.69 Å². The van der Waals surface area contributed by atoms with Crippen molar-refractivity contribution in [1.82, 2.24) is 0 Å². The van der Waals surface area contributed by atoms with Gasteiger partial charge in [0.2, 0.25) is 0 Å². The minimum Gasteiger partial charge on any atom is -0.381 e. The molecule has 100 valence electrons. The van der Waals surface area contributed by atoms with E-state index in [1.54, 1.807) is 6.07 Å². The standard InChI is InChI=1S/C15H18N2O2/c1-2-10-6-7-12(9-15(10)17(18)19)16-14-8-11-4-3-5-13(11)14/h3,5-7,9,11,13-14,16H,2,4,8H2,1H3. The Morgan fingerprint density at radius 1 is 1.47 bits per heavy atom. The first-order valence-corrected chi connectivity index (χ1v) is 6.89. The normalized spacial score (nSPS) is 27.7. The van der Waals surface area contributed by atoms with Crippen molar-refractivity contribution in [3.05, 3.63) is 46.0 Å². The largest absolute Gasteiger partial charge is 0.381 e. The highest BCUT2D eigenvalue weighted by Crippen LogP contribution is 2.44. The highest BCUT2D eigenvalue weighted by Gasteiger charge is 2.40. The van der Waals surface area contributed by atoms with Gasteiger partial charge in [-0.15, -0.1) is 0 Å². The quantitative estimate of drug-likeness (QED) is 0.510. The molecule has 0 radical (unpaired) electrons. The maximum Gasteiger partial charge on any atom is 0.274 e. The maximum atomic E-state index is 11.1. The van der Waals surface area contributed by atoms with Gasteiger partial charge in [-0.3, -0.25) is 10.1 Å². The van der Waals surface area contributed by atoms with Crippen LogP contribution in [-0.4, -0.2) is 11.0 Å². The molecule has 1 aromatic carbocycles. The second-order valence-electron chi connectivity index (χ2n) is 5.44. The zero-order chi connectivity index (χ0) is 13.4. The van der Waals surface area contributed by atoms with Gasteiger partial charge in [-0.2, -0.15) is 0 Å². The van der Waals surface area contributed by atoms with Crippen LogP contribution in [0.15, 0.2) is 30.4 Å². The number of fused-ring (bicyclic) bond motifs is 1. The smallest absolute Gasteiger partial charge is 0.274 e. The number of benzene rings is 1.